The highest BCUT2D eigenvalue weighted by molar-refractivity contribution is 6.30. The number of benzene rings is 2. The summed E-state index contributed by atoms with van der Waals surface area (Å²) in [6.45, 7) is 2.85. The fourth-order valence-corrected chi connectivity index (χ4v) is 3.46. The van der Waals surface area contributed by atoms with Crippen LogP contribution in [0.4, 0.5) is 0 Å². The molecule has 1 N–H and O–H groups in total. The van der Waals surface area contributed by atoms with Crippen LogP contribution < -0.4 is 0 Å². The summed E-state index contributed by atoms with van der Waals surface area (Å²) in [4.78, 5) is 10.4. The lowest BCUT2D eigenvalue weighted by molar-refractivity contribution is -0.0156. The van der Waals surface area contributed by atoms with E-state index in [-0.39, 0.29) is 6.04 Å². The lowest BCUT2D eigenvalue weighted by atomic mass is 10.1. The maximum Gasteiger partial charge on any atom is 0.126 e. The van der Waals surface area contributed by atoms with Gasteiger partial charge in [0.05, 0.1) is 42.8 Å². The molecule has 5 nitrogen and oxygen atoms in total. The van der Waals surface area contributed by atoms with Crippen LogP contribution in [0, 0.1) is 11.3 Å². The molecule has 27 heavy (non-hydrogen) atoms. The van der Waals surface area contributed by atoms with Crippen molar-refractivity contribution in [2.24, 2.45) is 0 Å². The number of ether oxygens (including phenoxy) is 1. The normalized spacial score (nSPS) is 17.6. The predicted octanol–water partition coefficient (Wildman–Crippen LogP) is 4.18. The van der Waals surface area contributed by atoms with Crippen molar-refractivity contribution in [3.63, 3.8) is 0 Å². The fourth-order valence-electron chi connectivity index (χ4n) is 3.33. The molecule has 0 unspecified atom stereocenters. The molecule has 0 saturated carbocycles. The summed E-state index contributed by atoms with van der Waals surface area (Å²) in [7, 11) is 0. The van der Waals surface area contributed by atoms with Crippen molar-refractivity contribution in [2.75, 3.05) is 19.8 Å². The quantitative estimate of drug-likeness (QED) is 0.739. The van der Waals surface area contributed by atoms with Crippen molar-refractivity contribution in [3.8, 4) is 17.3 Å². The van der Waals surface area contributed by atoms with E-state index in [0.717, 1.165) is 35.7 Å². The Labute approximate surface area is 163 Å². The SMILES string of the molecule is N#Cc1cccc(CN2CCOC[C@H]2c2ncc(-c3ccc(Cl)cc3)[nH]2)c1. The first-order valence-corrected chi connectivity index (χ1v) is 9.22. The summed E-state index contributed by atoms with van der Waals surface area (Å²) < 4.78 is 5.71. The van der Waals surface area contributed by atoms with Crippen LogP contribution in [0.15, 0.2) is 54.7 Å². The highest BCUT2D eigenvalue weighted by atomic mass is 35.5. The molecule has 0 amide bonds. The number of nitriles is 1. The molecule has 1 aliphatic heterocycles. The zero-order chi connectivity index (χ0) is 18.6. The number of hydrogen-bond donors (Lipinski definition) is 1. The molecule has 1 saturated heterocycles. The van der Waals surface area contributed by atoms with Gasteiger partial charge in [-0.05, 0) is 35.4 Å². The topological polar surface area (TPSA) is 64.9 Å². The Morgan fingerprint density at radius 2 is 2.11 bits per heavy atom. The molecule has 0 spiro atoms. The Balaban J connectivity index is 1.55. The number of nitrogens with zero attached hydrogens (tertiary/aromatic N) is 3. The van der Waals surface area contributed by atoms with Gasteiger partial charge in [0.1, 0.15) is 5.82 Å². The van der Waals surface area contributed by atoms with E-state index in [9.17, 15) is 0 Å². The van der Waals surface area contributed by atoms with Crippen LogP contribution in [0.1, 0.15) is 23.0 Å². The molecule has 4 rings (SSSR count). The number of halogens is 1. The molecule has 136 valence electrons. The number of aromatic nitrogens is 2. The summed E-state index contributed by atoms with van der Waals surface area (Å²) in [6.07, 6.45) is 1.85. The third kappa shape index (κ3) is 4.04. The van der Waals surface area contributed by atoms with E-state index in [2.05, 4.69) is 27.0 Å². The minimum atomic E-state index is 0.0468. The Morgan fingerprint density at radius 1 is 1.26 bits per heavy atom. The van der Waals surface area contributed by atoms with Crippen LogP contribution in [-0.4, -0.2) is 34.6 Å². The first-order chi connectivity index (χ1) is 13.2. The molecule has 0 radical (unpaired) electrons. The van der Waals surface area contributed by atoms with E-state index in [4.69, 9.17) is 21.6 Å². The summed E-state index contributed by atoms with van der Waals surface area (Å²) in [5.74, 6) is 0.885. The minimum Gasteiger partial charge on any atom is -0.378 e. The van der Waals surface area contributed by atoms with Crippen LogP contribution in [0.5, 0.6) is 0 Å². The molecular weight excluding hydrogens is 360 g/mol. The van der Waals surface area contributed by atoms with Gasteiger partial charge in [0.25, 0.3) is 0 Å². The van der Waals surface area contributed by atoms with Crippen LogP contribution in [0.25, 0.3) is 11.3 Å². The van der Waals surface area contributed by atoms with Gasteiger partial charge in [-0.15, -0.1) is 0 Å². The van der Waals surface area contributed by atoms with Gasteiger partial charge in [-0.3, -0.25) is 4.90 Å². The molecular formula is C21H19ClN4O. The number of rotatable bonds is 4. The van der Waals surface area contributed by atoms with Gasteiger partial charge in [0.15, 0.2) is 0 Å². The monoisotopic (exact) mass is 378 g/mol. The molecule has 6 heteroatoms. The highest BCUT2D eigenvalue weighted by Gasteiger charge is 2.27. The largest absolute Gasteiger partial charge is 0.378 e. The van der Waals surface area contributed by atoms with Crippen molar-refractivity contribution >= 4 is 11.6 Å². The first kappa shape index (κ1) is 17.7. The van der Waals surface area contributed by atoms with Gasteiger partial charge < -0.3 is 9.72 Å². The smallest absolute Gasteiger partial charge is 0.126 e. The van der Waals surface area contributed by atoms with Crippen molar-refractivity contribution < 1.29 is 4.74 Å². The van der Waals surface area contributed by atoms with Crippen LogP contribution in [0.2, 0.25) is 5.02 Å². The number of imidazole rings is 1. The maximum atomic E-state index is 9.12. The molecule has 2 heterocycles. The fraction of sp³-hybridized carbons (Fsp3) is 0.238. The molecule has 1 fully saturated rings. The van der Waals surface area contributed by atoms with Crippen LogP contribution >= 0.6 is 11.6 Å². The van der Waals surface area contributed by atoms with Gasteiger partial charge in [-0.2, -0.15) is 5.26 Å². The molecule has 1 aromatic heterocycles. The van der Waals surface area contributed by atoms with Gasteiger partial charge in [0.2, 0.25) is 0 Å². The van der Waals surface area contributed by atoms with Crippen molar-refractivity contribution in [1.29, 1.82) is 5.26 Å². The van der Waals surface area contributed by atoms with E-state index in [1.165, 1.54) is 0 Å². The van der Waals surface area contributed by atoms with E-state index in [1.54, 1.807) is 0 Å². The molecule has 0 bridgehead atoms. The van der Waals surface area contributed by atoms with Gasteiger partial charge in [-0.1, -0.05) is 35.9 Å². The maximum absolute atomic E-state index is 9.12. The zero-order valence-corrected chi connectivity index (χ0v) is 15.5. The molecule has 2 aromatic carbocycles. The molecule has 3 aromatic rings. The van der Waals surface area contributed by atoms with Gasteiger partial charge in [-0.25, -0.2) is 4.98 Å². The highest BCUT2D eigenvalue weighted by Crippen LogP contribution is 2.27. The second-order valence-electron chi connectivity index (χ2n) is 6.56. The predicted molar refractivity (Wildman–Crippen MR) is 104 cm³/mol. The second-order valence-corrected chi connectivity index (χ2v) is 7.00. The van der Waals surface area contributed by atoms with E-state index in [1.807, 2.05) is 48.7 Å². The van der Waals surface area contributed by atoms with Crippen LogP contribution in [0.3, 0.4) is 0 Å². The number of aromatic amines is 1. The number of H-pyrrole nitrogens is 1. The number of nitrogens with one attached hydrogen (secondary N) is 1. The molecule has 0 aliphatic carbocycles. The second kappa shape index (κ2) is 7.93. The third-order valence-corrected chi connectivity index (χ3v) is 5.00. The van der Waals surface area contributed by atoms with E-state index >= 15 is 0 Å². The first-order valence-electron chi connectivity index (χ1n) is 8.84. The number of morpholine rings is 1. The van der Waals surface area contributed by atoms with Crippen molar-refractivity contribution in [2.45, 2.75) is 12.6 Å². The Kier molecular flexibility index (Phi) is 5.21. The summed E-state index contributed by atoms with van der Waals surface area (Å²) >= 11 is 5.97. The van der Waals surface area contributed by atoms with Crippen molar-refractivity contribution in [1.82, 2.24) is 14.9 Å². The minimum absolute atomic E-state index is 0.0468. The lowest BCUT2D eigenvalue weighted by Crippen LogP contribution is -2.39. The average Bonchev–Trinajstić information content (AvgIpc) is 3.19. The number of hydrogen-bond acceptors (Lipinski definition) is 4. The summed E-state index contributed by atoms with van der Waals surface area (Å²) in [6, 6.07) is 17.7. The zero-order valence-electron chi connectivity index (χ0n) is 14.7. The van der Waals surface area contributed by atoms with Crippen molar-refractivity contribution in [3.05, 3.63) is 76.7 Å². The third-order valence-electron chi connectivity index (χ3n) is 4.75. The summed E-state index contributed by atoms with van der Waals surface area (Å²) in [5, 5.41) is 9.83. The van der Waals surface area contributed by atoms with E-state index < -0.39 is 0 Å². The van der Waals surface area contributed by atoms with E-state index in [0.29, 0.717) is 23.8 Å². The standard InChI is InChI=1S/C21H19ClN4O/c22-18-6-4-17(5-7-18)19-12-24-21(25-19)20-14-27-9-8-26(20)13-16-3-1-2-15(10-16)11-23/h1-7,10,12,20H,8-9,13-14H2,(H,24,25)/t20-/m0/s1. The molecule has 1 aliphatic rings. The average molecular weight is 379 g/mol. The lowest BCUT2D eigenvalue weighted by Gasteiger charge is -2.34. The van der Waals surface area contributed by atoms with Gasteiger partial charge >= 0.3 is 0 Å². The van der Waals surface area contributed by atoms with Crippen LogP contribution in [-0.2, 0) is 11.3 Å². The van der Waals surface area contributed by atoms with Gasteiger partial charge in [0, 0.05) is 18.1 Å². The Bertz CT molecular complexity index is 961. The Morgan fingerprint density at radius 3 is 2.93 bits per heavy atom. The Hall–Kier alpha value is -2.65. The molecule has 1 atom stereocenters. The summed E-state index contributed by atoms with van der Waals surface area (Å²) in [5.41, 5.74) is 3.80.